The van der Waals surface area contributed by atoms with Crippen molar-refractivity contribution in [1.29, 1.82) is 0 Å². The first-order chi connectivity index (χ1) is 11.9. The smallest absolute Gasteiger partial charge is 0.303 e. The lowest BCUT2D eigenvalue weighted by Gasteiger charge is -2.21. The van der Waals surface area contributed by atoms with Gasteiger partial charge in [0.1, 0.15) is 0 Å². The summed E-state index contributed by atoms with van der Waals surface area (Å²) in [6.45, 7) is 2.30. The number of aliphatic carboxylic acids is 1. The van der Waals surface area contributed by atoms with E-state index in [2.05, 4.69) is 0 Å². The van der Waals surface area contributed by atoms with E-state index in [1.165, 1.54) is 0 Å². The van der Waals surface area contributed by atoms with Crippen LogP contribution in [0.3, 0.4) is 0 Å². The number of carbonyl (C=O) groups is 2. The zero-order valence-electron chi connectivity index (χ0n) is 14.4. The number of halogens is 1. The Morgan fingerprint density at radius 2 is 1.76 bits per heavy atom. The Bertz CT molecular complexity index is 743. The molecule has 0 aromatic heterocycles. The molecule has 1 atom stereocenters. The van der Waals surface area contributed by atoms with Crippen LogP contribution in [-0.4, -0.2) is 35.5 Å². The molecule has 2 aromatic carbocycles. The van der Waals surface area contributed by atoms with Crippen LogP contribution in [0.25, 0.3) is 11.1 Å². The van der Waals surface area contributed by atoms with Gasteiger partial charge in [0.25, 0.3) is 0 Å². The van der Waals surface area contributed by atoms with E-state index < -0.39 is 5.97 Å². The molecule has 25 heavy (non-hydrogen) atoms. The predicted octanol–water partition coefficient (Wildman–Crippen LogP) is 4.43. The van der Waals surface area contributed by atoms with Crippen molar-refractivity contribution >= 4 is 23.5 Å². The van der Waals surface area contributed by atoms with Gasteiger partial charge in [-0.15, -0.1) is 0 Å². The summed E-state index contributed by atoms with van der Waals surface area (Å²) in [5.74, 6) is -1.14. The summed E-state index contributed by atoms with van der Waals surface area (Å²) in [6, 6.07) is 15.4. The van der Waals surface area contributed by atoms with E-state index in [1.807, 2.05) is 55.5 Å². The fourth-order valence-electron chi connectivity index (χ4n) is 2.70. The summed E-state index contributed by atoms with van der Waals surface area (Å²) in [4.78, 5) is 24.6. The Balaban J connectivity index is 2.04. The number of nitrogens with zero attached hydrogens (tertiary/aromatic N) is 1. The lowest BCUT2D eigenvalue weighted by molar-refractivity contribution is -0.138. The molecular weight excluding hydrogens is 338 g/mol. The number of carboxylic acids is 1. The minimum absolute atomic E-state index is 0.0177. The standard InChI is InChI=1S/C20H22ClNO3/c1-14(20(25)22(2)13-5-8-19(23)24)15-9-11-16(12-10-15)17-6-3-4-7-18(17)21/h3-4,6-7,9-12,14H,5,8,13H2,1-2H3,(H,23,24). The molecule has 0 aliphatic carbocycles. The molecule has 0 radical (unpaired) electrons. The summed E-state index contributed by atoms with van der Waals surface area (Å²) >= 11 is 6.22. The minimum atomic E-state index is -0.843. The molecule has 2 rings (SSSR count). The van der Waals surface area contributed by atoms with Crippen molar-refractivity contribution in [2.24, 2.45) is 0 Å². The van der Waals surface area contributed by atoms with E-state index in [0.717, 1.165) is 16.7 Å². The molecule has 2 aromatic rings. The highest BCUT2D eigenvalue weighted by Crippen LogP contribution is 2.29. The Kier molecular flexibility index (Phi) is 6.59. The Hall–Kier alpha value is -2.33. The Morgan fingerprint density at radius 3 is 2.36 bits per heavy atom. The highest BCUT2D eigenvalue weighted by Gasteiger charge is 2.19. The van der Waals surface area contributed by atoms with Gasteiger partial charge in [0, 0.05) is 30.6 Å². The summed E-state index contributed by atoms with van der Waals surface area (Å²) in [5, 5.41) is 9.37. The maximum atomic E-state index is 12.5. The molecule has 0 saturated carbocycles. The Morgan fingerprint density at radius 1 is 1.12 bits per heavy atom. The van der Waals surface area contributed by atoms with E-state index in [-0.39, 0.29) is 18.2 Å². The molecule has 0 bridgehead atoms. The SMILES string of the molecule is CC(C(=O)N(C)CCCC(=O)O)c1ccc(-c2ccccc2Cl)cc1. The van der Waals surface area contributed by atoms with Crippen molar-refractivity contribution in [2.75, 3.05) is 13.6 Å². The quantitative estimate of drug-likeness (QED) is 0.795. The van der Waals surface area contributed by atoms with Crippen LogP contribution in [0.4, 0.5) is 0 Å². The molecule has 4 nitrogen and oxygen atoms in total. The molecule has 0 heterocycles. The highest BCUT2D eigenvalue weighted by molar-refractivity contribution is 6.33. The van der Waals surface area contributed by atoms with Gasteiger partial charge in [0.05, 0.1) is 5.92 Å². The first-order valence-corrected chi connectivity index (χ1v) is 8.59. The predicted molar refractivity (Wildman–Crippen MR) is 99.8 cm³/mol. The third-order valence-electron chi connectivity index (χ3n) is 4.23. The molecule has 1 N–H and O–H groups in total. The van der Waals surface area contributed by atoms with Gasteiger partial charge in [-0.05, 0) is 30.5 Å². The molecule has 1 amide bonds. The molecular formula is C20H22ClNO3. The number of hydrogen-bond donors (Lipinski definition) is 1. The zero-order chi connectivity index (χ0) is 18.4. The number of benzene rings is 2. The monoisotopic (exact) mass is 359 g/mol. The van der Waals surface area contributed by atoms with Crippen molar-refractivity contribution < 1.29 is 14.7 Å². The lowest BCUT2D eigenvalue weighted by atomic mass is 9.96. The normalized spacial score (nSPS) is 11.8. The van der Waals surface area contributed by atoms with Crippen LogP contribution in [0, 0.1) is 0 Å². The van der Waals surface area contributed by atoms with Crippen molar-refractivity contribution in [1.82, 2.24) is 4.90 Å². The average molecular weight is 360 g/mol. The summed E-state index contributed by atoms with van der Waals surface area (Å²) < 4.78 is 0. The van der Waals surface area contributed by atoms with Gasteiger partial charge in [0.15, 0.2) is 0 Å². The summed E-state index contributed by atoms with van der Waals surface area (Å²) in [6.07, 6.45) is 0.522. The number of amides is 1. The van der Waals surface area contributed by atoms with E-state index >= 15 is 0 Å². The van der Waals surface area contributed by atoms with Crippen LogP contribution >= 0.6 is 11.6 Å². The number of carboxylic acid groups (broad SMARTS) is 1. The van der Waals surface area contributed by atoms with Crippen LogP contribution < -0.4 is 0 Å². The molecule has 5 heteroatoms. The summed E-state index contributed by atoms with van der Waals surface area (Å²) in [5.41, 5.74) is 2.88. The molecule has 0 saturated heterocycles. The fraction of sp³-hybridized carbons (Fsp3) is 0.300. The maximum absolute atomic E-state index is 12.5. The van der Waals surface area contributed by atoms with Crippen LogP contribution in [0.1, 0.15) is 31.2 Å². The third-order valence-corrected chi connectivity index (χ3v) is 4.56. The van der Waals surface area contributed by atoms with Crippen molar-refractivity contribution in [3.8, 4) is 11.1 Å². The van der Waals surface area contributed by atoms with Crippen molar-refractivity contribution in [3.63, 3.8) is 0 Å². The second-order valence-corrected chi connectivity index (χ2v) is 6.49. The average Bonchev–Trinajstić information content (AvgIpc) is 2.60. The van der Waals surface area contributed by atoms with Gasteiger partial charge in [-0.25, -0.2) is 0 Å². The number of carbonyl (C=O) groups excluding carboxylic acids is 1. The molecule has 132 valence electrons. The first-order valence-electron chi connectivity index (χ1n) is 8.21. The molecule has 1 unspecified atom stereocenters. The summed E-state index contributed by atoms with van der Waals surface area (Å²) in [7, 11) is 1.71. The Labute approximate surface area is 153 Å². The molecule has 0 spiro atoms. The van der Waals surface area contributed by atoms with Crippen LogP contribution in [0.15, 0.2) is 48.5 Å². The van der Waals surface area contributed by atoms with Gasteiger partial charge in [-0.1, -0.05) is 54.1 Å². The fourth-order valence-corrected chi connectivity index (χ4v) is 2.94. The first kappa shape index (κ1) is 19.0. The van der Waals surface area contributed by atoms with E-state index in [1.54, 1.807) is 11.9 Å². The second kappa shape index (κ2) is 8.67. The molecule has 0 aliphatic heterocycles. The highest BCUT2D eigenvalue weighted by atomic mass is 35.5. The largest absolute Gasteiger partial charge is 0.481 e. The van der Waals surface area contributed by atoms with Gasteiger partial charge >= 0.3 is 5.97 Å². The minimum Gasteiger partial charge on any atom is -0.481 e. The number of likely N-dealkylation sites (N-methyl/N-ethyl adjacent to an activating group) is 1. The third kappa shape index (κ3) is 5.07. The van der Waals surface area contributed by atoms with E-state index in [0.29, 0.717) is 18.0 Å². The van der Waals surface area contributed by atoms with E-state index in [9.17, 15) is 9.59 Å². The topological polar surface area (TPSA) is 57.6 Å². The van der Waals surface area contributed by atoms with Gasteiger partial charge in [0.2, 0.25) is 5.91 Å². The van der Waals surface area contributed by atoms with Crippen LogP contribution in [-0.2, 0) is 9.59 Å². The second-order valence-electron chi connectivity index (χ2n) is 6.08. The van der Waals surface area contributed by atoms with Gasteiger partial charge in [-0.3, -0.25) is 9.59 Å². The lowest BCUT2D eigenvalue weighted by Crippen LogP contribution is -2.31. The zero-order valence-corrected chi connectivity index (χ0v) is 15.2. The van der Waals surface area contributed by atoms with Crippen LogP contribution in [0.2, 0.25) is 5.02 Å². The molecule has 0 aliphatic rings. The number of hydrogen-bond acceptors (Lipinski definition) is 2. The van der Waals surface area contributed by atoms with Crippen molar-refractivity contribution in [2.45, 2.75) is 25.7 Å². The van der Waals surface area contributed by atoms with Crippen molar-refractivity contribution in [3.05, 3.63) is 59.1 Å². The number of rotatable bonds is 7. The van der Waals surface area contributed by atoms with E-state index in [4.69, 9.17) is 16.7 Å². The van der Waals surface area contributed by atoms with Gasteiger partial charge in [-0.2, -0.15) is 0 Å². The maximum Gasteiger partial charge on any atom is 0.303 e. The van der Waals surface area contributed by atoms with Crippen LogP contribution in [0.5, 0.6) is 0 Å². The van der Waals surface area contributed by atoms with Gasteiger partial charge < -0.3 is 10.0 Å². The molecule has 0 fully saturated rings.